The number of rotatable bonds is 6. The molecule has 1 atom stereocenters. The minimum atomic E-state index is -0.0306. The van der Waals surface area contributed by atoms with E-state index in [1.54, 1.807) is 12.1 Å². The number of benzene rings is 1. The smallest absolute Gasteiger partial charge is 0.264 e. The van der Waals surface area contributed by atoms with Gasteiger partial charge in [-0.05, 0) is 31.0 Å². The van der Waals surface area contributed by atoms with Crippen molar-refractivity contribution >= 4 is 23.2 Å². The fourth-order valence-electron chi connectivity index (χ4n) is 1.90. The Hall–Kier alpha value is -1.30. The highest BCUT2D eigenvalue weighted by Crippen LogP contribution is 2.33. The molecule has 0 spiro atoms. The molecule has 1 aromatic heterocycles. The van der Waals surface area contributed by atoms with Gasteiger partial charge >= 0.3 is 0 Å². The van der Waals surface area contributed by atoms with Crippen LogP contribution in [0.2, 0.25) is 10.0 Å². The van der Waals surface area contributed by atoms with E-state index >= 15 is 0 Å². The topological polar surface area (TPSA) is 74.2 Å². The van der Waals surface area contributed by atoms with Gasteiger partial charge in [0.25, 0.3) is 5.89 Å². The average molecular weight is 330 g/mol. The molecule has 2 rings (SSSR count). The number of ether oxygens (including phenoxy) is 1. The zero-order chi connectivity index (χ0) is 15.4. The van der Waals surface area contributed by atoms with Crippen LogP contribution in [-0.2, 0) is 19.4 Å². The summed E-state index contributed by atoms with van der Waals surface area (Å²) in [5.41, 5.74) is 6.70. The summed E-state index contributed by atoms with van der Waals surface area (Å²) in [6.07, 6.45) is 1.32. The summed E-state index contributed by atoms with van der Waals surface area (Å²) in [7, 11) is 0. The predicted molar refractivity (Wildman–Crippen MR) is 81.8 cm³/mol. The Balaban J connectivity index is 2.17. The first-order valence-electron chi connectivity index (χ1n) is 6.67. The van der Waals surface area contributed by atoms with Crippen molar-refractivity contribution in [3.05, 3.63) is 39.5 Å². The van der Waals surface area contributed by atoms with Crippen molar-refractivity contribution in [2.75, 3.05) is 0 Å². The van der Waals surface area contributed by atoms with Gasteiger partial charge in [0.1, 0.15) is 5.75 Å². The fraction of sp³-hybridized carbons (Fsp3) is 0.429. The van der Waals surface area contributed by atoms with Gasteiger partial charge in [0.15, 0.2) is 12.4 Å². The van der Waals surface area contributed by atoms with Crippen molar-refractivity contribution in [2.45, 2.75) is 39.3 Å². The molecule has 0 saturated heterocycles. The van der Waals surface area contributed by atoms with Gasteiger partial charge in [-0.3, -0.25) is 0 Å². The third kappa shape index (κ3) is 4.33. The summed E-state index contributed by atoms with van der Waals surface area (Å²) < 4.78 is 10.8. The minimum Gasteiger partial charge on any atom is -0.482 e. The average Bonchev–Trinajstić information content (AvgIpc) is 2.84. The van der Waals surface area contributed by atoms with Crippen LogP contribution in [0.5, 0.6) is 5.75 Å². The van der Waals surface area contributed by atoms with E-state index in [9.17, 15) is 0 Å². The lowest BCUT2D eigenvalue weighted by atomic mass is 10.1. The Kier molecular flexibility index (Phi) is 5.45. The molecule has 5 nitrogen and oxygen atoms in total. The van der Waals surface area contributed by atoms with Crippen LogP contribution in [0.1, 0.15) is 31.1 Å². The van der Waals surface area contributed by atoms with Crippen LogP contribution < -0.4 is 10.5 Å². The van der Waals surface area contributed by atoms with Gasteiger partial charge in [0, 0.05) is 17.5 Å². The molecule has 21 heavy (non-hydrogen) atoms. The number of nitrogens with two attached hydrogens (primary N) is 1. The maximum absolute atomic E-state index is 6.20. The Labute approximate surface area is 133 Å². The number of hydrogen-bond donors (Lipinski definition) is 1. The molecule has 1 unspecified atom stereocenters. The highest BCUT2D eigenvalue weighted by molar-refractivity contribution is 6.35. The van der Waals surface area contributed by atoms with Gasteiger partial charge in [-0.25, -0.2) is 0 Å². The van der Waals surface area contributed by atoms with Crippen LogP contribution in [0.3, 0.4) is 0 Å². The van der Waals surface area contributed by atoms with E-state index in [4.69, 9.17) is 38.2 Å². The first kappa shape index (κ1) is 16.1. The molecule has 1 heterocycles. The van der Waals surface area contributed by atoms with Crippen LogP contribution in [0.25, 0.3) is 0 Å². The molecule has 0 aliphatic heterocycles. The zero-order valence-electron chi connectivity index (χ0n) is 11.9. The predicted octanol–water partition coefficient (Wildman–Crippen LogP) is 3.41. The van der Waals surface area contributed by atoms with E-state index in [1.165, 1.54) is 0 Å². The first-order valence-corrected chi connectivity index (χ1v) is 7.43. The van der Waals surface area contributed by atoms with E-state index in [0.29, 0.717) is 40.4 Å². The van der Waals surface area contributed by atoms with E-state index in [1.807, 2.05) is 13.8 Å². The van der Waals surface area contributed by atoms with Crippen LogP contribution in [0.15, 0.2) is 16.7 Å². The molecule has 7 heteroatoms. The third-order valence-electron chi connectivity index (χ3n) is 2.79. The Morgan fingerprint density at radius 2 is 2.14 bits per heavy atom. The summed E-state index contributed by atoms with van der Waals surface area (Å²) in [6, 6.07) is 3.41. The second-order valence-corrected chi connectivity index (χ2v) is 5.65. The third-order valence-corrected chi connectivity index (χ3v) is 3.29. The summed E-state index contributed by atoms with van der Waals surface area (Å²) in [5, 5.41) is 4.80. The van der Waals surface area contributed by atoms with Crippen LogP contribution in [-0.4, -0.2) is 16.2 Å². The second-order valence-electron chi connectivity index (χ2n) is 4.80. The molecule has 0 fully saturated rings. The normalized spacial score (nSPS) is 12.4. The highest BCUT2D eigenvalue weighted by atomic mass is 35.5. The minimum absolute atomic E-state index is 0.0306. The largest absolute Gasteiger partial charge is 0.482 e. The molecule has 0 aliphatic rings. The molecule has 1 aromatic carbocycles. The summed E-state index contributed by atoms with van der Waals surface area (Å²) in [4.78, 5) is 4.19. The lowest BCUT2D eigenvalue weighted by Crippen LogP contribution is -2.18. The van der Waals surface area contributed by atoms with Gasteiger partial charge in [-0.15, -0.1) is 0 Å². The molecule has 2 N–H and O–H groups in total. The fourth-order valence-corrected chi connectivity index (χ4v) is 2.49. The highest BCUT2D eigenvalue weighted by Gasteiger charge is 2.14. The van der Waals surface area contributed by atoms with Gasteiger partial charge in [-0.2, -0.15) is 4.98 Å². The molecule has 2 aromatic rings. The van der Waals surface area contributed by atoms with Crippen LogP contribution in [0.4, 0.5) is 0 Å². The van der Waals surface area contributed by atoms with Crippen molar-refractivity contribution in [1.82, 2.24) is 10.1 Å². The van der Waals surface area contributed by atoms with E-state index in [2.05, 4.69) is 10.1 Å². The molecule has 114 valence electrons. The summed E-state index contributed by atoms with van der Waals surface area (Å²) >= 11 is 12.2. The number of nitrogens with zero attached hydrogens (tertiary/aromatic N) is 2. The van der Waals surface area contributed by atoms with Crippen LogP contribution >= 0.6 is 23.2 Å². The Morgan fingerprint density at radius 3 is 2.76 bits per heavy atom. The maximum Gasteiger partial charge on any atom is 0.264 e. The van der Waals surface area contributed by atoms with Crippen molar-refractivity contribution < 1.29 is 9.26 Å². The number of aryl methyl sites for hydroxylation is 1. The van der Waals surface area contributed by atoms with Crippen molar-refractivity contribution in [1.29, 1.82) is 0 Å². The van der Waals surface area contributed by atoms with Crippen molar-refractivity contribution in [3.63, 3.8) is 0 Å². The van der Waals surface area contributed by atoms with Crippen molar-refractivity contribution in [2.24, 2.45) is 5.73 Å². The van der Waals surface area contributed by atoms with Gasteiger partial charge < -0.3 is 15.0 Å². The first-order chi connectivity index (χ1) is 9.99. The van der Waals surface area contributed by atoms with E-state index < -0.39 is 0 Å². The van der Waals surface area contributed by atoms with Crippen LogP contribution in [0, 0.1) is 0 Å². The Morgan fingerprint density at radius 1 is 1.38 bits per heavy atom. The number of halogens is 2. The summed E-state index contributed by atoms with van der Waals surface area (Å²) in [6.45, 7) is 4.01. The van der Waals surface area contributed by atoms with Gasteiger partial charge in [0.2, 0.25) is 0 Å². The van der Waals surface area contributed by atoms with E-state index in [-0.39, 0.29) is 12.6 Å². The van der Waals surface area contributed by atoms with Gasteiger partial charge in [-0.1, -0.05) is 35.3 Å². The molecule has 0 radical (unpaired) electrons. The molecular formula is C14H17Cl2N3O2. The zero-order valence-corrected chi connectivity index (χ0v) is 13.4. The summed E-state index contributed by atoms with van der Waals surface area (Å²) in [5.74, 6) is 1.60. The Bertz CT molecular complexity index is 614. The molecule has 0 bridgehead atoms. The maximum atomic E-state index is 6.20. The molecular weight excluding hydrogens is 313 g/mol. The van der Waals surface area contributed by atoms with E-state index in [0.717, 1.165) is 5.56 Å². The quantitative estimate of drug-likeness (QED) is 0.878. The second kappa shape index (κ2) is 7.11. The molecule has 0 aliphatic carbocycles. The lowest BCUT2D eigenvalue weighted by Gasteiger charge is -2.14. The SMILES string of the molecule is CCc1noc(COc2c(Cl)cc(Cl)cc2CC(C)N)n1. The molecule has 0 saturated carbocycles. The number of aromatic nitrogens is 2. The number of hydrogen-bond acceptors (Lipinski definition) is 5. The van der Waals surface area contributed by atoms with Crippen molar-refractivity contribution in [3.8, 4) is 5.75 Å². The monoisotopic (exact) mass is 329 g/mol. The lowest BCUT2D eigenvalue weighted by molar-refractivity contribution is 0.240. The van der Waals surface area contributed by atoms with Gasteiger partial charge in [0.05, 0.1) is 5.02 Å². The standard InChI is InChI=1S/C14H17Cl2N3O2/c1-3-12-18-13(21-19-12)7-20-14-9(4-8(2)17)5-10(15)6-11(14)16/h5-6,8H,3-4,7,17H2,1-2H3. The molecule has 0 amide bonds.